The molecular formula is C15H22O3S. The van der Waals surface area contributed by atoms with E-state index in [-0.39, 0.29) is 4.75 Å². The molecule has 19 heavy (non-hydrogen) atoms. The minimum atomic E-state index is -0.512. The van der Waals surface area contributed by atoms with Gasteiger partial charge in [-0.15, -0.1) is 11.8 Å². The predicted molar refractivity (Wildman–Crippen MR) is 77.4 cm³/mol. The summed E-state index contributed by atoms with van der Waals surface area (Å²) in [6.07, 6.45) is 1.06. The van der Waals surface area contributed by atoms with E-state index in [2.05, 4.69) is 12.1 Å². The minimum absolute atomic E-state index is 0.239. The Morgan fingerprint density at radius 1 is 1.21 bits per heavy atom. The molecular weight excluding hydrogens is 260 g/mol. The molecule has 106 valence electrons. The Morgan fingerprint density at radius 3 is 2.42 bits per heavy atom. The number of hydrogen-bond acceptors (Lipinski definition) is 4. The maximum Gasteiger partial charge on any atom is 0.0716 e. The molecule has 0 amide bonds. The van der Waals surface area contributed by atoms with E-state index < -0.39 is 12.2 Å². The van der Waals surface area contributed by atoms with Gasteiger partial charge in [0, 0.05) is 24.5 Å². The number of hydrogen-bond donors (Lipinski definition) is 2. The third-order valence-corrected chi connectivity index (χ3v) is 5.17. The zero-order valence-electron chi connectivity index (χ0n) is 11.3. The van der Waals surface area contributed by atoms with E-state index in [0.29, 0.717) is 19.6 Å². The molecule has 4 heteroatoms. The fourth-order valence-electron chi connectivity index (χ4n) is 2.48. The van der Waals surface area contributed by atoms with Gasteiger partial charge in [-0.05, 0) is 31.9 Å². The van der Waals surface area contributed by atoms with Crippen molar-refractivity contribution in [1.82, 2.24) is 0 Å². The van der Waals surface area contributed by atoms with Crippen molar-refractivity contribution in [2.75, 3.05) is 13.2 Å². The molecule has 0 radical (unpaired) electrons. The summed E-state index contributed by atoms with van der Waals surface area (Å²) in [4.78, 5) is 1.16. The van der Waals surface area contributed by atoms with Crippen LogP contribution in [0.4, 0.5) is 0 Å². The van der Waals surface area contributed by atoms with Gasteiger partial charge in [0.2, 0.25) is 0 Å². The van der Waals surface area contributed by atoms with Crippen LogP contribution in [0.3, 0.4) is 0 Å². The first-order valence-electron chi connectivity index (χ1n) is 6.80. The summed E-state index contributed by atoms with van der Waals surface area (Å²) < 4.78 is 5.19. The number of ether oxygens (including phenoxy) is 1. The lowest BCUT2D eigenvalue weighted by atomic mass is 9.89. The highest BCUT2D eigenvalue weighted by molar-refractivity contribution is 8.00. The Labute approximate surface area is 119 Å². The second-order valence-electron chi connectivity index (χ2n) is 5.19. The molecule has 0 bridgehead atoms. The van der Waals surface area contributed by atoms with Gasteiger partial charge in [-0.1, -0.05) is 18.2 Å². The number of thioether (sulfide) groups is 1. The van der Waals surface area contributed by atoms with Crippen LogP contribution in [0.25, 0.3) is 0 Å². The monoisotopic (exact) mass is 282 g/mol. The van der Waals surface area contributed by atoms with Crippen molar-refractivity contribution in [2.45, 2.75) is 48.0 Å². The van der Waals surface area contributed by atoms with Gasteiger partial charge in [-0.25, -0.2) is 0 Å². The summed E-state index contributed by atoms with van der Waals surface area (Å²) in [6.45, 7) is 3.08. The molecule has 1 aliphatic rings. The average molecular weight is 282 g/mol. The van der Waals surface area contributed by atoms with Crippen molar-refractivity contribution in [1.29, 1.82) is 0 Å². The lowest BCUT2D eigenvalue weighted by molar-refractivity contribution is 0.00581. The van der Waals surface area contributed by atoms with Crippen molar-refractivity contribution in [3.63, 3.8) is 0 Å². The van der Waals surface area contributed by atoms with E-state index in [0.717, 1.165) is 17.7 Å². The van der Waals surface area contributed by atoms with Crippen LogP contribution in [0.1, 0.15) is 26.2 Å². The average Bonchev–Trinajstić information content (AvgIpc) is 2.40. The molecule has 3 nitrogen and oxygen atoms in total. The predicted octanol–water partition coefficient (Wildman–Crippen LogP) is 2.46. The van der Waals surface area contributed by atoms with Crippen LogP contribution in [0.15, 0.2) is 35.2 Å². The molecule has 1 aliphatic heterocycles. The Balaban J connectivity index is 2.14. The zero-order chi connectivity index (χ0) is 13.7. The summed E-state index contributed by atoms with van der Waals surface area (Å²) in [5.74, 6) is 0. The largest absolute Gasteiger partial charge is 0.393 e. The molecule has 1 fully saturated rings. The van der Waals surface area contributed by atoms with Crippen LogP contribution in [0, 0.1) is 0 Å². The lowest BCUT2D eigenvalue weighted by Crippen LogP contribution is -2.45. The summed E-state index contributed by atoms with van der Waals surface area (Å²) in [7, 11) is 0. The maximum absolute atomic E-state index is 10.5. The second-order valence-corrected chi connectivity index (χ2v) is 6.68. The van der Waals surface area contributed by atoms with Crippen molar-refractivity contribution in [3.8, 4) is 0 Å². The second kappa shape index (κ2) is 6.75. The molecule has 0 aliphatic carbocycles. The first kappa shape index (κ1) is 14.9. The van der Waals surface area contributed by atoms with E-state index in [1.807, 2.05) is 18.2 Å². The number of aliphatic hydroxyl groups excluding tert-OH is 2. The van der Waals surface area contributed by atoms with Crippen LogP contribution >= 0.6 is 11.8 Å². The van der Waals surface area contributed by atoms with Crippen LogP contribution in [0.5, 0.6) is 0 Å². The number of benzene rings is 1. The summed E-state index contributed by atoms with van der Waals surface area (Å²) in [5.41, 5.74) is 0. The van der Waals surface area contributed by atoms with Gasteiger partial charge >= 0.3 is 0 Å². The van der Waals surface area contributed by atoms with E-state index in [1.165, 1.54) is 0 Å². The summed E-state index contributed by atoms with van der Waals surface area (Å²) in [5, 5.41) is 20.1. The Morgan fingerprint density at radius 2 is 1.84 bits per heavy atom. The Kier molecular flexibility index (Phi) is 5.28. The topological polar surface area (TPSA) is 49.7 Å². The van der Waals surface area contributed by atoms with E-state index in [1.54, 1.807) is 18.7 Å². The molecule has 1 saturated heterocycles. The van der Waals surface area contributed by atoms with E-state index in [4.69, 9.17) is 4.74 Å². The molecule has 0 spiro atoms. The number of rotatable bonds is 5. The van der Waals surface area contributed by atoms with Crippen molar-refractivity contribution in [3.05, 3.63) is 30.3 Å². The molecule has 2 N–H and O–H groups in total. The number of aliphatic hydroxyl groups is 2. The molecule has 2 atom stereocenters. The highest BCUT2D eigenvalue weighted by Gasteiger charge is 2.40. The van der Waals surface area contributed by atoms with Gasteiger partial charge in [-0.3, -0.25) is 0 Å². The van der Waals surface area contributed by atoms with Crippen LogP contribution in [0.2, 0.25) is 0 Å². The molecule has 0 aromatic heterocycles. The first-order valence-corrected chi connectivity index (χ1v) is 7.62. The normalized spacial score (nSPS) is 21.8. The zero-order valence-corrected chi connectivity index (χ0v) is 12.1. The van der Waals surface area contributed by atoms with Crippen molar-refractivity contribution >= 4 is 11.8 Å². The lowest BCUT2D eigenvalue weighted by Gasteiger charge is -2.41. The summed E-state index contributed by atoms with van der Waals surface area (Å²) >= 11 is 1.72. The Bertz CT molecular complexity index is 374. The molecule has 0 saturated carbocycles. The first-order chi connectivity index (χ1) is 9.12. The van der Waals surface area contributed by atoms with Gasteiger partial charge in [0.25, 0.3) is 0 Å². The van der Waals surface area contributed by atoms with Crippen molar-refractivity contribution in [2.24, 2.45) is 0 Å². The van der Waals surface area contributed by atoms with Gasteiger partial charge < -0.3 is 14.9 Å². The maximum atomic E-state index is 10.5. The van der Waals surface area contributed by atoms with E-state index >= 15 is 0 Å². The van der Waals surface area contributed by atoms with Gasteiger partial charge in [-0.2, -0.15) is 0 Å². The fourth-order valence-corrected chi connectivity index (χ4v) is 3.85. The molecule has 2 rings (SSSR count). The molecule has 1 heterocycles. The quantitative estimate of drug-likeness (QED) is 0.871. The molecule has 1 aromatic rings. The fraction of sp³-hybridized carbons (Fsp3) is 0.600. The van der Waals surface area contributed by atoms with Gasteiger partial charge in [0.1, 0.15) is 0 Å². The van der Waals surface area contributed by atoms with Crippen molar-refractivity contribution < 1.29 is 14.9 Å². The highest BCUT2D eigenvalue weighted by Crippen LogP contribution is 2.44. The smallest absolute Gasteiger partial charge is 0.0716 e. The van der Waals surface area contributed by atoms with Crippen LogP contribution in [-0.2, 0) is 4.74 Å². The summed E-state index contributed by atoms with van der Waals surface area (Å²) in [6, 6.07) is 10.1. The highest BCUT2D eigenvalue weighted by atomic mass is 32.2. The van der Waals surface area contributed by atoms with Crippen LogP contribution in [-0.4, -0.2) is 40.4 Å². The standard InChI is InChI=1S/C15H22O3S/c1-12(16)11-14(17)15(7-9-18-10-8-15)19-13-5-3-2-4-6-13/h2-6,12,14,16-17H,7-11H2,1H3/t12-,14-/m0/s1. The third kappa shape index (κ3) is 3.96. The molecule has 0 unspecified atom stereocenters. The molecule has 1 aromatic carbocycles. The van der Waals surface area contributed by atoms with Gasteiger partial charge in [0.05, 0.1) is 17.0 Å². The van der Waals surface area contributed by atoms with E-state index in [9.17, 15) is 10.2 Å². The Hall–Kier alpha value is -0.550. The SMILES string of the molecule is C[C@H](O)C[C@H](O)C1(Sc2ccccc2)CCOCC1. The minimum Gasteiger partial charge on any atom is -0.393 e. The van der Waals surface area contributed by atoms with Gasteiger partial charge in [0.15, 0.2) is 0 Å². The van der Waals surface area contributed by atoms with Crippen LogP contribution < -0.4 is 0 Å². The third-order valence-electron chi connectivity index (χ3n) is 3.58.